The number of aliphatic carboxylic acids is 1. The van der Waals surface area contributed by atoms with E-state index in [2.05, 4.69) is 37.9 Å². The number of fused-ring (bicyclic) bond motifs is 7. The summed E-state index contributed by atoms with van der Waals surface area (Å²) >= 11 is 16.0. The maximum Gasteiger partial charge on any atom is 0.345 e. The van der Waals surface area contributed by atoms with E-state index in [1.165, 1.54) is 17.7 Å². The third-order valence-electron chi connectivity index (χ3n) is 11.1. The molecule has 0 amide bonds. The second-order valence-corrected chi connectivity index (χ2v) is 17.7. The Bertz CT molecular complexity index is 2670. The number of carboxylic acid groups (broad SMARTS) is 1. The molecule has 3 aliphatic rings. The fourth-order valence-electron chi connectivity index (χ4n) is 7.89. The van der Waals surface area contributed by atoms with Crippen molar-refractivity contribution in [2.45, 2.75) is 52.9 Å². The molecule has 4 bridgehead atoms. The number of hydrogen-bond donors (Lipinski definition) is 1. The Morgan fingerprint density at radius 2 is 1.73 bits per heavy atom. The van der Waals surface area contributed by atoms with Crippen molar-refractivity contribution in [2.75, 3.05) is 53.5 Å². The van der Waals surface area contributed by atoms with E-state index in [0.717, 1.165) is 64.4 Å². The molecular weight excluding hydrogens is 864 g/mol. The molecule has 16 heteroatoms. The van der Waals surface area contributed by atoms with Gasteiger partial charge in [0.05, 0.1) is 33.8 Å². The Kier molecular flexibility index (Phi) is 13.4. The molecule has 0 spiro atoms. The van der Waals surface area contributed by atoms with Crippen molar-refractivity contribution in [3.63, 3.8) is 0 Å². The maximum atomic E-state index is 13.2. The van der Waals surface area contributed by atoms with E-state index in [1.54, 1.807) is 37.6 Å². The molecule has 63 heavy (non-hydrogen) atoms. The van der Waals surface area contributed by atoms with Crippen LogP contribution in [0, 0.1) is 13.8 Å². The van der Waals surface area contributed by atoms with Gasteiger partial charge in [-0.2, -0.15) is 0 Å². The number of allylic oxidation sites excluding steroid dienone is 1. The molecule has 1 N–H and O–H groups in total. The molecular formula is C47H48Cl2N6O7S. The predicted molar refractivity (Wildman–Crippen MR) is 246 cm³/mol. The van der Waals surface area contributed by atoms with Crippen molar-refractivity contribution in [1.29, 1.82) is 0 Å². The van der Waals surface area contributed by atoms with E-state index >= 15 is 0 Å². The monoisotopic (exact) mass is 910 g/mol. The summed E-state index contributed by atoms with van der Waals surface area (Å²) in [6.07, 6.45) is 3.11. The summed E-state index contributed by atoms with van der Waals surface area (Å²) in [6.45, 7) is 12.2. The first kappa shape index (κ1) is 44.1. The minimum absolute atomic E-state index is 0.0623. The second-order valence-electron chi connectivity index (χ2n) is 15.9. The molecule has 3 aromatic carbocycles. The number of rotatable bonds is 9. The number of para-hydroxylation sites is 1. The van der Waals surface area contributed by atoms with Gasteiger partial charge in [-0.25, -0.2) is 24.7 Å². The van der Waals surface area contributed by atoms with Crippen LogP contribution < -0.4 is 23.7 Å². The van der Waals surface area contributed by atoms with Crippen molar-refractivity contribution < 1.29 is 33.6 Å². The lowest BCUT2D eigenvalue weighted by Gasteiger charge is -2.35. The number of benzene rings is 3. The first-order valence-electron chi connectivity index (χ1n) is 20.6. The molecule has 1 fully saturated rings. The van der Waals surface area contributed by atoms with Crippen molar-refractivity contribution in [2.24, 2.45) is 0 Å². The van der Waals surface area contributed by atoms with E-state index in [-0.39, 0.29) is 25.5 Å². The molecule has 1 saturated heterocycles. The van der Waals surface area contributed by atoms with E-state index < -0.39 is 18.2 Å². The zero-order chi connectivity index (χ0) is 44.4. The number of thiophene rings is 1. The molecule has 9 rings (SSSR count). The lowest BCUT2D eigenvalue weighted by Crippen LogP contribution is -2.49. The highest BCUT2D eigenvalue weighted by molar-refractivity contribution is 7.20. The number of aromatic nitrogens is 4. The highest BCUT2D eigenvalue weighted by atomic mass is 35.5. The van der Waals surface area contributed by atoms with Gasteiger partial charge in [0.25, 0.3) is 0 Å². The van der Waals surface area contributed by atoms with Crippen LogP contribution in [0.15, 0.2) is 66.6 Å². The van der Waals surface area contributed by atoms with E-state index in [0.29, 0.717) is 66.9 Å². The Morgan fingerprint density at radius 3 is 2.46 bits per heavy atom. The maximum absolute atomic E-state index is 13.2. The number of hydrogen-bond acceptors (Lipinski definition) is 13. The molecule has 13 nitrogen and oxygen atoms in total. The summed E-state index contributed by atoms with van der Waals surface area (Å²) in [6, 6.07) is 14.6. The van der Waals surface area contributed by atoms with Gasteiger partial charge in [0.1, 0.15) is 47.7 Å². The Balaban J connectivity index is 1.23. The Morgan fingerprint density at radius 1 is 0.968 bits per heavy atom. The van der Waals surface area contributed by atoms with Crippen molar-refractivity contribution in [1.82, 2.24) is 29.7 Å². The van der Waals surface area contributed by atoms with E-state index in [9.17, 15) is 9.90 Å². The van der Waals surface area contributed by atoms with Gasteiger partial charge >= 0.3 is 5.97 Å². The van der Waals surface area contributed by atoms with Gasteiger partial charge in [0, 0.05) is 61.3 Å². The average molecular weight is 912 g/mol. The van der Waals surface area contributed by atoms with Gasteiger partial charge in [-0.15, -0.1) is 11.3 Å². The normalized spacial score (nSPS) is 17.0. The largest absolute Gasteiger partial charge is 0.496 e. The molecule has 328 valence electrons. The fraction of sp³-hybridized carbons (Fsp3) is 0.340. The van der Waals surface area contributed by atoms with Crippen LogP contribution in [0.2, 0.25) is 10.0 Å². The molecule has 0 unspecified atom stereocenters. The van der Waals surface area contributed by atoms with Crippen LogP contribution in [0.4, 0.5) is 0 Å². The van der Waals surface area contributed by atoms with Crippen molar-refractivity contribution in [3.05, 3.63) is 104 Å². The molecule has 3 aromatic heterocycles. The van der Waals surface area contributed by atoms with Crippen LogP contribution in [-0.2, 0) is 17.8 Å². The molecule has 0 aliphatic carbocycles. The van der Waals surface area contributed by atoms with E-state index in [1.807, 2.05) is 52.0 Å². The fourth-order valence-corrected chi connectivity index (χ4v) is 9.60. The number of piperazine rings is 1. The SMILES string of the molecule is COc1ccccc1-c1nccc(COc2ccc3cc2C[C@H](C(=O)O)Oc2ncnc4sc(C=C(C)C)c(c24)-c2c(C)c(Cl)c(c(Cl)c2C)O[C@H](CN2CCN(C)CC2)CO3)n1. The van der Waals surface area contributed by atoms with Gasteiger partial charge in [-0.05, 0) is 93.9 Å². The number of halogens is 2. The molecule has 3 aliphatic heterocycles. The summed E-state index contributed by atoms with van der Waals surface area (Å²) in [4.78, 5) is 37.8. The Labute approximate surface area is 380 Å². The number of ether oxygens (including phenoxy) is 5. The lowest BCUT2D eigenvalue weighted by molar-refractivity contribution is -0.145. The van der Waals surface area contributed by atoms with Gasteiger partial charge < -0.3 is 33.7 Å². The predicted octanol–water partition coefficient (Wildman–Crippen LogP) is 9.21. The molecule has 0 saturated carbocycles. The van der Waals surface area contributed by atoms with Crippen LogP contribution >= 0.6 is 34.5 Å². The number of carboxylic acids is 1. The minimum atomic E-state index is -1.41. The molecule has 6 heterocycles. The molecule has 2 atom stereocenters. The number of nitrogens with zero attached hydrogens (tertiary/aromatic N) is 6. The van der Waals surface area contributed by atoms with Crippen LogP contribution in [0.3, 0.4) is 0 Å². The first-order valence-corrected chi connectivity index (χ1v) is 22.2. The summed E-state index contributed by atoms with van der Waals surface area (Å²) in [5.41, 5.74) is 5.89. The van der Waals surface area contributed by atoms with Crippen LogP contribution in [-0.4, -0.2) is 107 Å². The highest BCUT2D eigenvalue weighted by Crippen LogP contribution is 2.51. The first-order chi connectivity index (χ1) is 30.4. The van der Waals surface area contributed by atoms with Crippen LogP contribution in [0.25, 0.3) is 38.8 Å². The van der Waals surface area contributed by atoms with Gasteiger partial charge in [0.15, 0.2) is 11.6 Å². The number of likely N-dealkylation sites (N-methyl/N-ethyl adjacent to an activating group) is 1. The zero-order valence-corrected chi connectivity index (χ0v) is 38.2. The minimum Gasteiger partial charge on any atom is -0.496 e. The summed E-state index contributed by atoms with van der Waals surface area (Å²) in [5.74, 6) is 1.31. The van der Waals surface area contributed by atoms with Gasteiger partial charge in [0.2, 0.25) is 12.0 Å². The molecule has 0 radical (unpaired) electrons. The van der Waals surface area contributed by atoms with Crippen molar-refractivity contribution in [3.8, 4) is 51.4 Å². The third kappa shape index (κ3) is 9.56. The topological polar surface area (TPSA) is 141 Å². The third-order valence-corrected chi connectivity index (χ3v) is 13.1. The number of carbonyl (C=O) groups is 1. The smallest absolute Gasteiger partial charge is 0.345 e. The van der Waals surface area contributed by atoms with Crippen LogP contribution in [0.1, 0.15) is 41.1 Å². The van der Waals surface area contributed by atoms with Crippen molar-refractivity contribution >= 4 is 56.8 Å². The second kappa shape index (κ2) is 19.1. The zero-order valence-electron chi connectivity index (χ0n) is 35.9. The standard InChI is InChI=1S/C47H48Cl2N6O7S/c1-26(2)19-37-39-38-27(3)41(48)43(42(49)28(38)4)61-32(22-55-17-15-54(5)16-18-55)24-59-31-11-12-34(60-23-30-13-14-50-44(53-30)33-9-7-8-10-35(33)58-6)29(20-31)21-36(47(56)57)62-45-40(39)46(63-37)52-25-51-45/h7-14,19-20,25,32,36H,15-18,21-24H2,1-6H3,(H,56,57)/t32-,36-/m1/s1. The lowest BCUT2D eigenvalue weighted by atomic mass is 9.93. The summed E-state index contributed by atoms with van der Waals surface area (Å²) in [7, 11) is 3.72. The van der Waals surface area contributed by atoms with Gasteiger partial charge in [-0.3, -0.25) is 4.90 Å². The van der Waals surface area contributed by atoms with Crippen LogP contribution in [0.5, 0.6) is 28.9 Å². The van der Waals surface area contributed by atoms with Gasteiger partial charge in [-0.1, -0.05) is 40.9 Å². The summed E-state index contributed by atoms with van der Waals surface area (Å²) < 4.78 is 31.8. The summed E-state index contributed by atoms with van der Waals surface area (Å²) in [5, 5.41) is 12.1. The average Bonchev–Trinajstić information content (AvgIpc) is 3.63. The number of methoxy groups -OCH3 is 1. The Hall–Kier alpha value is -5.51. The van der Waals surface area contributed by atoms with E-state index in [4.69, 9.17) is 51.9 Å². The molecule has 6 aromatic rings. The highest BCUT2D eigenvalue weighted by Gasteiger charge is 2.31. The quantitative estimate of drug-likeness (QED) is 0.148.